The summed E-state index contributed by atoms with van der Waals surface area (Å²) in [6.07, 6.45) is 25.1. The Morgan fingerprint density at radius 2 is 1.78 bits per heavy atom. The van der Waals surface area contributed by atoms with Crippen LogP contribution in [0.3, 0.4) is 0 Å². The largest absolute Gasteiger partial charge is 0.0984 e. The Balaban J connectivity index is 1.47. The standard InChI is InChI=1S/C32H42/c1-5-25-16-14-23-18-22(2)10-6-7-11-26(29(25)20-23)19-24-15-17-28-27-12-8-9-13-30(27)32(3,4)31(28)21-24/h5-7,10-11,14,16,19-20,22,24,27-28,30-31H,1,8-9,12-13,15,17-18,21H2,2-4H3/b10-6+,11-7-,26-19+/t22?,24?,27?,28?,30-,31+/m0/s1. The highest BCUT2D eigenvalue weighted by Crippen LogP contribution is 2.63. The molecular formula is C32H42. The number of rotatable bonds is 2. The van der Waals surface area contributed by atoms with Crippen LogP contribution in [-0.2, 0) is 6.42 Å². The second kappa shape index (κ2) is 8.85. The molecule has 2 bridgehead atoms. The van der Waals surface area contributed by atoms with Crippen molar-refractivity contribution in [2.45, 2.75) is 72.1 Å². The van der Waals surface area contributed by atoms with Crippen molar-refractivity contribution in [2.24, 2.45) is 40.9 Å². The number of benzene rings is 1. The third-order valence-corrected chi connectivity index (χ3v) is 9.67. The first-order valence-corrected chi connectivity index (χ1v) is 13.3. The molecule has 170 valence electrons. The van der Waals surface area contributed by atoms with E-state index in [2.05, 4.69) is 75.9 Å². The van der Waals surface area contributed by atoms with Gasteiger partial charge < -0.3 is 0 Å². The van der Waals surface area contributed by atoms with Crippen LogP contribution in [0.4, 0.5) is 0 Å². The number of allylic oxidation sites excluding steroid dienone is 6. The number of hydrogen-bond donors (Lipinski definition) is 0. The smallest absolute Gasteiger partial charge is 0.0112 e. The van der Waals surface area contributed by atoms with E-state index in [-0.39, 0.29) is 0 Å². The van der Waals surface area contributed by atoms with Crippen LogP contribution in [0.1, 0.15) is 82.4 Å². The van der Waals surface area contributed by atoms with Crippen LogP contribution in [0.5, 0.6) is 0 Å². The number of hydrogen-bond acceptors (Lipinski definition) is 0. The van der Waals surface area contributed by atoms with Crippen LogP contribution >= 0.6 is 0 Å². The molecule has 0 saturated heterocycles. The highest BCUT2D eigenvalue weighted by molar-refractivity contribution is 5.80. The molecule has 1 aromatic rings. The lowest BCUT2D eigenvalue weighted by molar-refractivity contribution is 0.112. The van der Waals surface area contributed by atoms with Crippen LogP contribution in [-0.4, -0.2) is 0 Å². The summed E-state index contributed by atoms with van der Waals surface area (Å²) in [5.41, 5.74) is 6.00. The van der Waals surface area contributed by atoms with Gasteiger partial charge in [-0.1, -0.05) is 94.8 Å². The first-order chi connectivity index (χ1) is 15.5. The van der Waals surface area contributed by atoms with E-state index in [9.17, 15) is 0 Å². The Morgan fingerprint density at radius 1 is 0.969 bits per heavy atom. The summed E-state index contributed by atoms with van der Waals surface area (Å²) < 4.78 is 0. The minimum absolute atomic E-state index is 0.518. The first-order valence-electron chi connectivity index (χ1n) is 13.3. The summed E-state index contributed by atoms with van der Waals surface area (Å²) in [5.74, 6) is 5.14. The van der Waals surface area contributed by atoms with Gasteiger partial charge in [-0.2, -0.15) is 0 Å². The fourth-order valence-electron chi connectivity index (χ4n) is 8.12. The molecule has 0 nitrogen and oxygen atoms in total. The van der Waals surface area contributed by atoms with Crippen molar-refractivity contribution in [1.29, 1.82) is 0 Å². The lowest BCUT2D eigenvalue weighted by atomic mass is 9.66. The zero-order valence-corrected chi connectivity index (χ0v) is 20.5. The van der Waals surface area contributed by atoms with Gasteiger partial charge in [0.05, 0.1) is 0 Å². The van der Waals surface area contributed by atoms with E-state index in [0.29, 0.717) is 17.3 Å². The van der Waals surface area contributed by atoms with Gasteiger partial charge in [0.25, 0.3) is 0 Å². The van der Waals surface area contributed by atoms with E-state index in [1.54, 1.807) is 0 Å². The normalized spacial score (nSPS) is 39.0. The van der Waals surface area contributed by atoms with Crippen molar-refractivity contribution >= 4 is 11.6 Å². The summed E-state index contributed by atoms with van der Waals surface area (Å²) >= 11 is 0. The summed E-state index contributed by atoms with van der Waals surface area (Å²) in [5, 5.41) is 0. The maximum Gasteiger partial charge on any atom is -0.0112 e. The Hall–Kier alpha value is -1.82. The molecule has 5 rings (SSSR count). The summed E-state index contributed by atoms with van der Waals surface area (Å²) in [4.78, 5) is 0. The molecule has 3 fully saturated rings. The molecule has 0 aliphatic heterocycles. The zero-order chi connectivity index (χ0) is 22.3. The fraction of sp³-hybridized carbons (Fsp3) is 0.562. The molecule has 0 aromatic heterocycles. The van der Waals surface area contributed by atoms with Crippen LogP contribution in [0, 0.1) is 40.9 Å². The minimum Gasteiger partial charge on any atom is -0.0984 e. The van der Waals surface area contributed by atoms with E-state index in [4.69, 9.17) is 0 Å². The van der Waals surface area contributed by atoms with Crippen LogP contribution in [0.15, 0.2) is 55.2 Å². The predicted octanol–water partition coefficient (Wildman–Crippen LogP) is 8.90. The molecule has 6 atom stereocenters. The second-order valence-electron chi connectivity index (χ2n) is 11.9. The summed E-state index contributed by atoms with van der Waals surface area (Å²) in [7, 11) is 0. The maximum absolute atomic E-state index is 4.12. The van der Waals surface area contributed by atoms with E-state index in [1.807, 2.05) is 6.08 Å². The summed E-state index contributed by atoms with van der Waals surface area (Å²) in [6.45, 7) is 11.7. The van der Waals surface area contributed by atoms with Gasteiger partial charge in [-0.3, -0.25) is 0 Å². The molecular weight excluding hydrogens is 384 g/mol. The SMILES string of the molecule is C=Cc1ccc2cc1C(=C/C1CCC3C4CCCC[C@@H]4C(C)(C)[C@@H]3C1)/C=C\C=C\C(C)C2. The van der Waals surface area contributed by atoms with Gasteiger partial charge in [0.15, 0.2) is 0 Å². The van der Waals surface area contributed by atoms with Gasteiger partial charge in [0, 0.05) is 0 Å². The third kappa shape index (κ3) is 4.00. The van der Waals surface area contributed by atoms with Gasteiger partial charge in [0.2, 0.25) is 0 Å². The minimum atomic E-state index is 0.518. The van der Waals surface area contributed by atoms with Crippen molar-refractivity contribution < 1.29 is 0 Å². The van der Waals surface area contributed by atoms with Gasteiger partial charge in [-0.15, -0.1) is 0 Å². The van der Waals surface area contributed by atoms with Crippen LogP contribution < -0.4 is 0 Å². The monoisotopic (exact) mass is 426 g/mol. The van der Waals surface area contributed by atoms with E-state index < -0.39 is 0 Å². The molecule has 4 aliphatic rings. The molecule has 4 aliphatic carbocycles. The van der Waals surface area contributed by atoms with Crippen molar-refractivity contribution in [3.63, 3.8) is 0 Å². The third-order valence-electron chi connectivity index (χ3n) is 9.67. The topological polar surface area (TPSA) is 0 Å². The Kier molecular flexibility index (Phi) is 6.08. The molecule has 0 radical (unpaired) electrons. The molecule has 0 heterocycles. The van der Waals surface area contributed by atoms with Crippen LogP contribution in [0.2, 0.25) is 0 Å². The van der Waals surface area contributed by atoms with Crippen molar-refractivity contribution in [3.8, 4) is 0 Å². The van der Waals surface area contributed by atoms with Crippen molar-refractivity contribution in [2.75, 3.05) is 0 Å². The second-order valence-corrected chi connectivity index (χ2v) is 11.9. The van der Waals surface area contributed by atoms with E-state index in [1.165, 1.54) is 67.2 Å². The zero-order valence-electron chi connectivity index (χ0n) is 20.5. The van der Waals surface area contributed by atoms with Gasteiger partial charge in [-0.05, 0) is 102 Å². The van der Waals surface area contributed by atoms with Gasteiger partial charge in [0.1, 0.15) is 0 Å². The molecule has 0 amide bonds. The van der Waals surface area contributed by atoms with Gasteiger partial charge >= 0.3 is 0 Å². The molecule has 3 saturated carbocycles. The quantitative estimate of drug-likeness (QED) is 0.443. The molecule has 1 aromatic carbocycles. The van der Waals surface area contributed by atoms with Gasteiger partial charge in [-0.25, -0.2) is 0 Å². The van der Waals surface area contributed by atoms with Crippen LogP contribution in [0.25, 0.3) is 11.6 Å². The Morgan fingerprint density at radius 3 is 2.62 bits per heavy atom. The average Bonchev–Trinajstić information content (AvgIpc) is 3.02. The molecule has 0 heteroatoms. The molecule has 4 unspecified atom stereocenters. The highest BCUT2D eigenvalue weighted by atomic mass is 14.6. The average molecular weight is 427 g/mol. The Labute approximate surface area is 196 Å². The molecule has 0 spiro atoms. The highest BCUT2D eigenvalue weighted by Gasteiger charge is 2.56. The van der Waals surface area contributed by atoms with E-state index >= 15 is 0 Å². The maximum atomic E-state index is 4.12. The summed E-state index contributed by atoms with van der Waals surface area (Å²) in [6, 6.07) is 7.00. The fourth-order valence-corrected chi connectivity index (χ4v) is 8.12. The molecule has 32 heavy (non-hydrogen) atoms. The van der Waals surface area contributed by atoms with Crippen molar-refractivity contribution in [1.82, 2.24) is 0 Å². The lowest BCUT2D eigenvalue weighted by Gasteiger charge is -2.39. The van der Waals surface area contributed by atoms with E-state index in [0.717, 1.165) is 30.1 Å². The first kappa shape index (κ1) is 22.0. The predicted molar refractivity (Wildman–Crippen MR) is 139 cm³/mol. The number of fused-ring (bicyclic) bond motifs is 5. The van der Waals surface area contributed by atoms with Crippen molar-refractivity contribution in [3.05, 3.63) is 71.8 Å². The molecule has 0 N–H and O–H groups in total. The lowest BCUT2D eigenvalue weighted by Crippen LogP contribution is -2.31. The Bertz CT molecular complexity index is 939.